The van der Waals surface area contributed by atoms with Crippen molar-refractivity contribution in [3.63, 3.8) is 0 Å². The normalized spacial score (nSPS) is 11.7. The monoisotopic (exact) mass is 234 g/mol. The molecule has 0 saturated heterocycles. The first kappa shape index (κ1) is 13.2. The molecule has 0 bridgehead atoms. The van der Waals surface area contributed by atoms with Gasteiger partial charge in [0.15, 0.2) is 0 Å². The van der Waals surface area contributed by atoms with Crippen molar-refractivity contribution in [3.8, 4) is 0 Å². The average molecular weight is 234 g/mol. The van der Waals surface area contributed by atoms with Crippen LogP contribution in [0.3, 0.4) is 0 Å². The number of likely N-dealkylation sites (N-methyl/N-ethyl adjacent to an activating group) is 2. The molecule has 2 amide bonds. The van der Waals surface area contributed by atoms with Crippen LogP contribution < -0.4 is 5.32 Å². The Morgan fingerprint density at radius 3 is 2.29 bits per heavy atom. The van der Waals surface area contributed by atoms with Gasteiger partial charge in [-0.3, -0.25) is 9.59 Å². The lowest BCUT2D eigenvalue weighted by Crippen LogP contribution is -2.41. The largest absolute Gasteiger partial charge is 0.357 e. The minimum Gasteiger partial charge on any atom is -0.357 e. The van der Waals surface area contributed by atoms with Crippen molar-refractivity contribution in [1.82, 2.24) is 10.2 Å². The van der Waals surface area contributed by atoms with Crippen molar-refractivity contribution in [2.75, 3.05) is 13.6 Å². The number of nitrogens with zero attached hydrogens (tertiary/aromatic N) is 1. The highest BCUT2D eigenvalue weighted by molar-refractivity contribution is 5.87. The summed E-state index contributed by atoms with van der Waals surface area (Å²) in [7, 11) is 1.58. The van der Waals surface area contributed by atoms with E-state index in [-0.39, 0.29) is 11.8 Å². The third kappa shape index (κ3) is 3.06. The molecule has 0 aromatic heterocycles. The summed E-state index contributed by atoms with van der Waals surface area (Å²) < 4.78 is 0. The summed E-state index contributed by atoms with van der Waals surface area (Å²) >= 11 is 0. The molecule has 0 aliphatic rings. The van der Waals surface area contributed by atoms with Crippen LogP contribution in [0.1, 0.15) is 25.5 Å². The van der Waals surface area contributed by atoms with Crippen molar-refractivity contribution in [2.24, 2.45) is 0 Å². The Morgan fingerprint density at radius 1 is 1.29 bits per heavy atom. The topological polar surface area (TPSA) is 49.4 Å². The summed E-state index contributed by atoms with van der Waals surface area (Å²) in [6, 6.07) is 8.76. The highest BCUT2D eigenvalue weighted by Gasteiger charge is 2.27. The van der Waals surface area contributed by atoms with E-state index in [1.165, 1.54) is 6.92 Å². The van der Waals surface area contributed by atoms with Crippen LogP contribution in [0.15, 0.2) is 30.3 Å². The van der Waals surface area contributed by atoms with Gasteiger partial charge in [0.1, 0.15) is 6.04 Å². The van der Waals surface area contributed by atoms with E-state index >= 15 is 0 Å². The SMILES string of the molecule is CCN(C(C)=O)C(C(=O)NC)c1ccccc1. The standard InChI is InChI=1S/C13H18N2O2/c1-4-15(10(2)16)12(13(17)14-3)11-8-6-5-7-9-11/h5-9,12H,4H2,1-3H3,(H,14,17). The number of carbonyl (C=O) groups excluding carboxylic acids is 2. The maximum atomic E-state index is 11.9. The lowest BCUT2D eigenvalue weighted by molar-refractivity contribution is -0.138. The van der Waals surface area contributed by atoms with E-state index in [1.54, 1.807) is 11.9 Å². The molecule has 0 spiro atoms. The molecule has 1 aromatic carbocycles. The van der Waals surface area contributed by atoms with Gasteiger partial charge < -0.3 is 10.2 Å². The molecule has 92 valence electrons. The van der Waals surface area contributed by atoms with E-state index in [0.717, 1.165) is 5.56 Å². The number of amides is 2. The van der Waals surface area contributed by atoms with Gasteiger partial charge in [-0.15, -0.1) is 0 Å². The zero-order chi connectivity index (χ0) is 12.8. The Morgan fingerprint density at radius 2 is 1.88 bits per heavy atom. The molecule has 1 unspecified atom stereocenters. The zero-order valence-corrected chi connectivity index (χ0v) is 10.4. The number of rotatable bonds is 4. The van der Waals surface area contributed by atoms with Crippen molar-refractivity contribution in [2.45, 2.75) is 19.9 Å². The molecule has 4 nitrogen and oxygen atoms in total. The van der Waals surface area contributed by atoms with Crippen LogP contribution in [0.4, 0.5) is 0 Å². The molecule has 0 heterocycles. The van der Waals surface area contributed by atoms with Crippen molar-refractivity contribution < 1.29 is 9.59 Å². The Bertz CT molecular complexity index is 390. The van der Waals surface area contributed by atoms with Gasteiger partial charge in [0.2, 0.25) is 11.8 Å². The third-order valence-electron chi connectivity index (χ3n) is 2.67. The molecule has 4 heteroatoms. The summed E-state index contributed by atoms with van der Waals surface area (Å²) in [5.74, 6) is -0.279. The number of hydrogen-bond donors (Lipinski definition) is 1. The van der Waals surface area contributed by atoms with Crippen molar-refractivity contribution in [3.05, 3.63) is 35.9 Å². The van der Waals surface area contributed by atoms with Gasteiger partial charge in [-0.1, -0.05) is 30.3 Å². The summed E-state index contributed by atoms with van der Waals surface area (Å²) in [4.78, 5) is 25.0. The van der Waals surface area contributed by atoms with Crippen LogP contribution in [-0.2, 0) is 9.59 Å². The summed E-state index contributed by atoms with van der Waals surface area (Å²) in [5.41, 5.74) is 0.823. The number of carbonyl (C=O) groups is 2. The number of benzene rings is 1. The molecule has 1 aromatic rings. The third-order valence-corrected chi connectivity index (χ3v) is 2.67. The van der Waals surface area contributed by atoms with E-state index in [4.69, 9.17) is 0 Å². The average Bonchev–Trinajstić information content (AvgIpc) is 2.35. The Labute approximate surface area is 102 Å². The fourth-order valence-corrected chi connectivity index (χ4v) is 1.83. The highest BCUT2D eigenvalue weighted by Crippen LogP contribution is 2.20. The first-order chi connectivity index (χ1) is 8.11. The van der Waals surface area contributed by atoms with Crippen LogP contribution in [0.5, 0.6) is 0 Å². The van der Waals surface area contributed by atoms with E-state index in [1.807, 2.05) is 37.3 Å². The van der Waals surface area contributed by atoms with E-state index in [0.29, 0.717) is 6.54 Å². The first-order valence-electron chi connectivity index (χ1n) is 5.65. The van der Waals surface area contributed by atoms with Crippen molar-refractivity contribution in [1.29, 1.82) is 0 Å². The molecule has 1 atom stereocenters. The van der Waals surface area contributed by atoms with Gasteiger partial charge in [-0.25, -0.2) is 0 Å². The van der Waals surface area contributed by atoms with Gasteiger partial charge in [0, 0.05) is 20.5 Å². The maximum absolute atomic E-state index is 11.9. The second-order valence-corrected chi connectivity index (χ2v) is 3.73. The molecule has 1 rings (SSSR count). The van der Waals surface area contributed by atoms with Crippen LogP contribution in [0, 0.1) is 0 Å². The Balaban J connectivity index is 3.12. The summed E-state index contributed by atoms with van der Waals surface area (Å²) in [5, 5.41) is 2.60. The number of nitrogens with one attached hydrogen (secondary N) is 1. The van der Waals surface area contributed by atoms with Gasteiger partial charge in [-0.2, -0.15) is 0 Å². The fraction of sp³-hybridized carbons (Fsp3) is 0.385. The molecular formula is C13H18N2O2. The Kier molecular flexibility index (Phi) is 4.69. The molecule has 0 radical (unpaired) electrons. The quantitative estimate of drug-likeness (QED) is 0.854. The molecule has 17 heavy (non-hydrogen) atoms. The van der Waals surface area contributed by atoms with Crippen LogP contribution in [0.25, 0.3) is 0 Å². The van der Waals surface area contributed by atoms with Gasteiger partial charge in [-0.05, 0) is 12.5 Å². The first-order valence-corrected chi connectivity index (χ1v) is 5.65. The highest BCUT2D eigenvalue weighted by atomic mass is 16.2. The van der Waals surface area contributed by atoms with Crippen LogP contribution in [0.2, 0.25) is 0 Å². The minimum atomic E-state index is -0.552. The molecule has 0 aliphatic carbocycles. The predicted octanol–water partition coefficient (Wildman–Crippen LogP) is 1.34. The smallest absolute Gasteiger partial charge is 0.247 e. The molecule has 0 fully saturated rings. The molecule has 0 saturated carbocycles. The Hall–Kier alpha value is -1.84. The zero-order valence-electron chi connectivity index (χ0n) is 10.4. The van der Waals surface area contributed by atoms with Gasteiger partial charge in [0.25, 0.3) is 0 Å². The van der Waals surface area contributed by atoms with E-state index in [2.05, 4.69) is 5.32 Å². The predicted molar refractivity (Wildman–Crippen MR) is 66.3 cm³/mol. The van der Waals surface area contributed by atoms with E-state index in [9.17, 15) is 9.59 Å². The minimum absolute atomic E-state index is 0.107. The second kappa shape index (κ2) is 6.03. The summed E-state index contributed by atoms with van der Waals surface area (Å²) in [6.07, 6.45) is 0. The fourth-order valence-electron chi connectivity index (χ4n) is 1.83. The second-order valence-electron chi connectivity index (χ2n) is 3.73. The van der Waals surface area contributed by atoms with Crippen LogP contribution >= 0.6 is 0 Å². The lowest BCUT2D eigenvalue weighted by atomic mass is 10.0. The van der Waals surface area contributed by atoms with Crippen molar-refractivity contribution >= 4 is 11.8 Å². The number of hydrogen-bond acceptors (Lipinski definition) is 2. The van der Waals surface area contributed by atoms with Crippen LogP contribution in [-0.4, -0.2) is 30.3 Å². The van der Waals surface area contributed by atoms with Gasteiger partial charge >= 0.3 is 0 Å². The molecule has 1 N–H and O–H groups in total. The molecule has 0 aliphatic heterocycles. The van der Waals surface area contributed by atoms with Gasteiger partial charge in [0.05, 0.1) is 0 Å². The van der Waals surface area contributed by atoms with E-state index < -0.39 is 6.04 Å². The molecular weight excluding hydrogens is 216 g/mol. The maximum Gasteiger partial charge on any atom is 0.247 e. The summed E-state index contributed by atoms with van der Waals surface area (Å²) in [6.45, 7) is 3.84. The lowest BCUT2D eigenvalue weighted by Gasteiger charge is -2.28.